The molecule has 1 unspecified atom stereocenters. The number of rotatable bonds is 3. The molecule has 1 aromatic carbocycles. The van der Waals surface area contributed by atoms with Crippen molar-refractivity contribution in [1.29, 1.82) is 0 Å². The van der Waals surface area contributed by atoms with E-state index in [1.807, 2.05) is 12.1 Å². The second-order valence-electron chi connectivity index (χ2n) is 4.80. The van der Waals surface area contributed by atoms with E-state index in [0.717, 1.165) is 5.56 Å². The van der Waals surface area contributed by atoms with Crippen molar-refractivity contribution < 1.29 is 14.3 Å². The van der Waals surface area contributed by atoms with Crippen LogP contribution in [0.1, 0.15) is 15.9 Å². The monoisotopic (exact) mass is 269 g/mol. The molecule has 0 saturated heterocycles. The van der Waals surface area contributed by atoms with Crippen LogP contribution < -0.4 is 9.47 Å². The van der Waals surface area contributed by atoms with Crippen molar-refractivity contribution in [2.45, 2.75) is 6.42 Å². The van der Waals surface area contributed by atoms with Crippen LogP contribution >= 0.6 is 0 Å². The fraction of sp³-hybridized carbons (Fsp3) is 0.250. The Morgan fingerprint density at radius 2 is 2.30 bits per heavy atom. The zero-order valence-electron chi connectivity index (χ0n) is 11.2. The molecule has 102 valence electrons. The minimum Gasteiger partial charge on any atom is -0.497 e. The summed E-state index contributed by atoms with van der Waals surface area (Å²) in [7, 11) is 1.59. The topological polar surface area (TPSA) is 48.4 Å². The highest BCUT2D eigenvalue weighted by Crippen LogP contribution is 2.32. The van der Waals surface area contributed by atoms with E-state index in [4.69, 9.17) is 9.47 Å². The number of methoxy groups -OCH3 is 1. The first-order chi connectivity index (χ1) is 9.78. The number of benzene rings is 1. The predicted octanol–water partition coefficient (Wildman–Crippen LogP) is 2.52. The van der Waals surface area contributed by atoms with Crippen molar-refractivity contribution in [2.24, 2.45) is 5.92 Å². The lowest BCUT2D eigenvalue weighted by Crippen LogP contribution is -2.29. The van der Waals surface area contributed by atoms with Gasteiger partial charge in [-0.1, -0.05) is 6.07 Å². The van der Waals surface area contributed by atoms with Crippen LogP contribution in [0.3, 0.4) is 0 Å². The van der Waals surface area contributed by atoms with Crippen molar-refractivity contribution >= 4 is 5.78 Å². The number of Topliss-reactive ketones (excluding diaryl/α,β-unsaturated/α-hetero) is 1. The Bertz CT molecular complexity index is 625. The van der Waals surface area contributed by atoms with Crippen LogP contribution in [0.5, 0.6) is 11.5 Å². The third-order valence-electron chi connectivity index (χ3n) is 3.47. The summed E-state index contributed by atoms with van der Waals surface area (Å²) >= 11 is 0. The van der Waals surface area contributed by atoms with E-state index >= 15 is 0 Å². The van der Waals surface area contributed by atoms with Gasteiger partial charge in [0.05, 0.1) is 25.2 Å². The molecule has 0 aliphatic carbocycles. The van der Waals surface area contributed by atoms with E-state index in [2.05, 4.69) is 4.98 Å². The lowest BCUT2D eigenvalue weighted by molar-refractivity contribution is 0.0830. The second kappa shape index (κ2) is 5.33. The number of pyridine rings is 1. The van der Waals surface area contributed by atoms with Crippen LogP contribution in [0.25, 0.3) is 0 Å². The molecule has 0 amide bonds. The number of hydrogen-bond acceptors (Lipinski definition) is 4. The third kappa shape index (κ3) is 2.37. The highest BCUT2D eigenvalue weighted by atomic mass is 16.5. The first kappa shape index (κ1) is 12.7. The molecule has 0 N–H and O–H groups in total. The maximum Gasteiger partial charge on any atom is 0.173 e. The van der Waals surface area contributed by atoms with Crippen molar-refractivity contribution in [2.75, 3.05) is 13.7 Å². The van der Waals surface area contributed by atoms with E-state index in [1.54, 1.807) is 37.7 Å². The molecular formula is C16H15NO3. The molecule has 0 fully saturated rings. The number of hydrogen-bond donors (Lipinski definition) is 0. The lowest BCUT2D eigenvalue weighted by atomic mass is 9.90. The predicted molar refractivity (Wildman–Crippen MR) is 74.3 cm³/mol. The SMILES string of the molecule is COc1ccc2c(c1)OCC(Cc1cccnc1)C2=O. The number of aromatic nitrogens is 1. The fourth-order valence-corrected chi connectivity index (χ4v) is 2.39. The summed E-state index contributed by atoms with van der Waals surface area (Å²) in [6.07, 6.45) is 4.17. The summed E-state index contributed by atoms with van der Waals surface area (Å²) in [6, 6.07) is 9.16. The Morgan fingerprint density at radius 1 is 1.40 bits per heavy atom. The molecule has 1 aliphatic rings. The summed E-state index contributed by atoms with van der Waals surface area (Å²) < 4.78 is 10.8. The Kier molecular flexibility index (Phi) is 3.37. The van der Waals surface area contributed by atoms with E-state index in [9.17, 15) is 4.79 Å². The Labute approximate surface area is 117 Å². The second-order valence-corrected chi connectivity index (χ2v) is 4.80. The Hall–Kier alpha value is -2.36. The maximum atomic E-state index is 12.5. The van der Waals surface area contributed by atoms with Gasteiger partial charge in [-0.3, -0.25) is 9.78 Å². The van der Waals surface area contributed by atoms with Gasteiger partial charge in [0.1, 0.15) is 11.5 Å². The van der Waals surface area contributed by atoms with Gasteiger partial charge in [0, 0.05) is 18.5 Å². The molecule has 1 aliphatic heterocycles. The fourth-order valence-electron chi connectivity index (χ4n) is 2.39. The number of ketones is 1. The summed E-state index contributed by atoms with van der Waals surface area (Å²) in [6.45, 7) is 0.397. The van der Waals surface area contributed by atoms with Crippen LogP contribution in [-0.2, 0) is 6.42 Å². The minimum atomic E-state index is -0.153. The first-order valence-corrected chi connectivity index (χ1v) is 6.52. The Morgan fingerprint density at radius 3 is 3.05 bits per heavy atom. The normalized spacial score (nSPS) is 17.2. The molecule has 0 radical (unpaired) electrons. The zero-order chi connectivity index (χ0) is 13.9. The molecular weight excluding hydrogens is 254 g/mol. The summed E-state index contributed by atoms with van der Waals surface area (Å²) in [5.74, 6) is 1.27. The highest BCUT2D eigenvalue weighted by Gasteiger charge is 2.29. The average molecular weight is 269 g/mol. The van der Waals surface area contributed by atoms with E-state index in [1.165, 1.54) is 0 Å². The molecule has 0 bridgehead atoms. The molecule has 0 spiro atoms. The maximum absolute atomic E-state index is 12.5. The molecule has 20 heavy (non-hydrogen) atoms. The zero-order valence-corrected chi connectivity index (χ0v) is 11.2. The van der Waals surface area contributed by atoms with Crippen LogP contribution in [0.15, 0.2) is 42.7 Å². The minimum absolute atomic E-state index is 0.123. The van der Waals surface area contributed by atoms with Gasteiger partial charge in [-0.25, -0.2) is 0 Å². The van der Waals surface area contributed by atoms with Crippen molar-refractivity contribution in [1.82, 2.24) is 4.98 Å². The van der Waals surface area contributed by atoms with Gasteiger partial charge in [0.25, 0.3) is 0 Å². The van der Waals surface area contributed by atoms with Crippen molar-refractivity contribution in [3.63, 3.8) is 0 Å². The number of ether oxygens (including phenoxy) is 2. The molecule has 1 aromatic heterocycles. The number of carbonyl (C=O) groups excluding carboxylic acids is 1. The molecule has 2 heterocycles. The summed E-state index contributed by atoms with van der Waals surface area (Å²) in [5, 5.41) is 0. The van der Waals surface area contributed by atoms with Crippen LogP contribution in [0.4, 0.5) is 0 Å². The van der Waals surface area contributed by atoms with Crippen molar-refractivity contribution in [3.05, 3.63) is 53.9 Å². The molecule has 4 heteroatoms. The number of fused-ring (bicyclic) bond motifs is 1. The van der Waals surface area contributed by atoms with Gasteiger partial charge < -0.3 is 9.47 Å². The highest BCUT2D eigenvalue weighted by molar-refractivity contribution is 6.01. The van der Waals surface area contributed by atoms with Crippen LogP contribution in [-0.4, -0.2) is 24.5 Å². The van der Waals surface area contributed by atoms with Crippen LogP contribution in [0, 0.1) is 5.92 Å². The Balaban J connectivity index is 1.82. The van der Waals surface area contributed by atoms with Crippen molar-refractivity contribution in [3.8, 4) is 11.5 Å². The molecule has 2 aromatic rings. The number of nitrogens with zero attached hydrogens (tertiary/aromatic N) is 1. The molecule has 3 rings (SSSR count). The average Bonchev–Trinajstić information content (AvgIpc) is 2.51. The van der Waals surface area contributed by atoms with Gasteiger partial charge in [-0.2, -0.15) is 0 Å². The van der Waals surface area contributed by atoms with Gasteiger partial charge in [-0.05, 0) is 30.2 Å². The lowest BCUT2D eigenvalue weighted by Gasteiger charge is -2.24. The van der Waals surface area contributed by atoms with E-state index in [0.29, 0.717) is 30.1 Å². The molecule has 4 nitrogen and oxygen atoms in total. The standard InChI is InChI=1S/C16H15NO3/c1-19-13-4-5-14-15(8-13)20-10-12(16(14)18)7-11-3-2-6-17-9-11/h2-6,8-9,12H,7,10H2,1H3. The van der Waals surface area contributed by atoms with Gasteiger partial charge in [0.15, 0.2) is 5.78 Å². The smallest absolute Gasteiger partial charge is 0.173 e. The third-order valence-corrected chi connectivity index (χ3v) is 3.47. The van der Waals surface area contributed by atoms with E-state index in [-0.39, 0.29) is 11.7 Å². The summed E-state index contributed by atoms with van der Waals surface area (Å²) in [5.41, 5.74) is 1.68. The molecule has 1 atom stereocenters. The van der Waals surface area contributed by atoms with Gasteiger partial charge in [-0.15, -0.1) is 0 Å². The number of carbonyl (C=O) groups is 1. The summed E-state index contributed by atoms with van der Waals surface area (Å²) in [4.78, 5) is 16.6. The molecule has 0 saturated carbocycles. The van der Waals surface area contributed by atoms with Gasteiger partial charge in [0.2, 0.25) is 0 Å². The first-order valence-electron chi connectivity index (χ1n) is 6.52. The van der Waals surface area contributed by atoms with Gasteiger partial charge >= 0.3 is 0 Å². The van der Waals surface area contributed by atoms with Crippen LogP contribution in [0.2, 0.25) is 0 Å². The van der Waals surface area contributed by atoms with E-state index < -0.39 is 0 Å². The largest absolute Gasteiger partial charge is 0.497 e. The quantitative estimate of drug-likeness (QED) is 0.859.